The molecule has 4 rings (SSSR count). The van der Waals surface area contributed by atoms with Gasteiger partial charge in [-0.25, -0.2) is 0 Å². The van der Waals surface area contributed by atoms with Gasteiger partial charge in [-0.15, -0.1) is 0 Å². The second-order valence-corrected chi connectivity index (χ2v) is 8.39. The number of hydrogen-bond donors (Lipinski definition) is 3. The molecule has 0 aliphatic carbocycles. The largest absolute Gasteiger partial charge is 0.370 e. The molecular formula is C20H23ClN4O4. The Balaban J connectivity index is 1.86. The van der Waals surface area contributed by atoms with Gasteiger partial charge in [0.05, 0.1) is 22.5 Å². The highest BCUT2D eigenvalue weighted by molar-refractivity contribution is 6.35. The third-order valence-electron chi connectivity index (χ3n) is 6.47. The molecule has 0 saturated carbocycles. The minimum absolute atomic E-state index is 0.0474. The summed E-state index contributed by atoms with van der Waals surface area (Å²) in [7, 11) is 0. The number of nitrogens with two attached hydrogens (primary N) is 1. The SMILES string of the molecule is CC[C@H](C)N1C(=O)[C@@H]2[C@H](CCC(N)=O)N[C@@]3(C(=O)Nc4c(Cl)cccc43)[C@@H]2C1=O. The van der Waals surface area contributed by atoms with Crippen molar-refractivity contribution < 1.29 is 19.2 Å². The maximum Gasteiger partial charge on any atom is 0.250 e. The second-order valence-electron chi connectivity index (χ2n) is 7.99. The quantitative estimate of drug-likeness (QED) is 0.618. The number of primary amides is 1. The molecule has 0 radical (unpaired) electrons. The lowest BCUT2D eigenvalue weighted by Gasteiger charge is -2.31. The summed E-state index contributed by atoms with van der Waals surface area (Å²) in [6, 6.07) is 4.30. The van der Waals surface area contributed by atoms with Gasteiger partial charge in [0.25, 0.3) is 0 Å². The van der Waals surface area contributed by atoms with E-state index in [1.165, 1.54) is 4.90 Å². The number of hydrogen-bond acceptors (Lipinski definition) is 5. The smallest absolute Gasteiger partial charge is 0.250 e. The summed E-state index contributed by atoms with van der Waals surface area (Å²) in [5.41, 5.74) is 4.91. The normalized spacial score (nSPS) is 31.2. The number of benzene rings is 1. The lowest BCUT2D eigenvalue weighted by molar-refractivity contribution is -0.145. The minimum atomic E-state index is -1.40. The molecule has 3 aliphatic heterocycles. The fraction of sp³-hybridized carbons (Fsp3) is 0.500. The van der Waals surface area contributed by atoms with Crippen molar-refractivity contribution in [1.29, 1.82) is 0 Å². The van der Waals surface area contributed by atoms with E-state index in [1.807, 2.05) is 13.8 Å². The van der Waals surface area contributed by atoms with E-state index in [4.69, 9.17) is 17.3 Å². The van der Waals surface area contributed by atoms with Gasteiger partial charge in [0.2, 0.25) is 23.6 Å². The van der Waals surface area contributed by atoms with E-state index >= 15 is 0 Å². The Morgan fingerprint density at radius 3 is 2.69 bits per heavy atom. The van der Waals surface area contributed by atoms with Crippen LogP contribution in [0.15, 0.2) is 18.2 Å². The van der Waals surface area contributed by atoms with E-state index in [-0.39, 0.29) is 30.7 Å². The van der Waals surface area contributed by atoms with Gasteiger partial charge < -0.3 is 11.1 Å². The highest BCUT2D eigenvalue weighted by Gasteiger charge is 2.70. The molecule has 2 fully saturated rings. The number of nitrogens with one attached hydrogen (secondary N) is 2. The van der Waals surface area contributed by atoms with Crippen molar-refractivity contribution in [3.63, 3.8) is 0 Å². The van der Waals surface area contributed by atoms with Crippen molar-refractivity contribution in [2.45, 2.75) is 50.7 Å². The number of likely N-dealkylation sites (tertiary alicyclic amines) is 1. The summed E-state index contributed by atoms with van der Waals surface area (Å²) in [5.74, 6) is -3.24. The Bertz CT molecular complexity index is 935. The van der Waals surface area contributed by atoms with Crippen LogP contribution in [0.25, 0.3) is 0 Å². The molecule has 1 aromatic carbocycles. The highest BCUT2D eigenvalue weighted by Crippen LogP contribution is 2.54. The molecule has 0 aromatic heterocycles. The van der Waals surface area contributed by atoms with E-state index in [0.717, 1.165) is 0 Å². The Hall–Kier alpha value is -2.45. The van der Waals surface area contributed by atoms with Crippen LogP contribution < -0.4 is 16.4 Å². The zero-order chi connectivity index (χ0) is 21.1. The zero-order valence-electron chi connectivity index (χ0n) is 16.2. The molecule has 4 N–H and O–H groups in total. The van der Waals surface area contributed by atoms with Crippen LogP contribution in [0, 0.1) is 11.8 Å². The van der Waals surface area contributed by atoms with Gasteiger partial charge >= 0.3 is 0 Å². The van der Waals surface area contributed by atoms with Gasteiger partial charge in [0.1, 0.15) is 5.54 Å². The Labute approximate surface area is 173 Å². The molecule has 1 spiro atoms. The molecule has 1 aromatic rings. The average Bonchev–Trinajstić information content (AvgIpc) is 3.26. The van der Waals surface area contributed by atoms with Crippen LogP contribution in [0.3, 0.4) is 0 Å². The van der Waals surface area contributed by atoms with Crippen molar-refractivity contribution in [1.82, 2.24) is 10.2 Å². The first-order valence-corrected chi connectivity index (χ1v) is 10.1. The number of halogens is 1. The number of imide groups is 1. The van der Waals surface area contributed by atoms with Crippen LogP contribution in [0.5, 0.6) is 0 Å². The molecule has 8 nitrogen and oxygen atoms in total. The maximum absolute atomic E-state index is 13.4. The van der Waals surface area contributed by atoms with E-state index in [0.29, 0.717) is 22.7 Å². The predicted octanol–water partition coefficient (Wildman–Crippen LogP) is 1.12. The van der Waals surface area contributed by atoms with E-state index in [1.54, 1.807) is 18.2 Å². The summed E-state index contributed by atoms with van der Waals surface area (Å²) in [4.78, 5) is 52.6. The first-order chi connectivity index (χ1) is 13.7. The second kappa shape index (κ2) is 6.81. The molecule has 0 bridgehead atoms. The molecule has 154 valence electrons. The number of fused-ring (bicyclic) bond motifs is 4. The number of nitrogens with zero attached hydrogens (tertiary/aromatic N) is 1. The Morgan fingerprint density at radius 1 is 1.31 bits per heavy atom. The lowest BCUT2D eigenvalue weighted by atomic mass is 9.76. The van der Waals surface area contributed by atoms with Crippen molar-refractivity contribution in [3.05, 3.63) is 28.8 Å². The molecule has 5 atom stereocenters. The molecule has 3 aliphatic rings. The third-order valence-corrected chi connectivity index (χ3v) is 6.78. The van der Waals surface area contributed by atoms with E-state index in [9.17, 15) is 19.2 Å². The zero-order valence-corrected chi connectivity index (χ0v) is 17.0. The number of amides is 4. The summed E-state index contributed by atoms with van der Waals surface area (Å²) in [6.45, 7) is 3.71. The number of rotatable bonds is 5. The first-order valence-electron chi connectivity index (χ1n) is 9.77. The average molecular weight is 419 g/mol. The molecule has 9 heteroatoms. The monoisotopic (exact) mass is 418 g/mol. The van der Waals surface area contributed by atoms with Crippen molar-refractivity contribution >= 4 is 40.9 Å². The van der Waals surface area contributed by atoms with Gasteiger partial charge in [-0.3, -0.25) is 29.4 Å². The predicted molar refractivity (Wildman–Crippen MR) is 106 cm³/mol. The molecule has 0 unspecified atom stereocenters. The summed E-state index contributed by atoms with van der Waals surface area (Å²) in [6.07, 6.45) is 0.915. The standard InChI is InChI=1S/C20H23ClN4O4/c1-3-9(2)25-17(27)14-12(7-8-13(22)26)24-20(15(14)18(25)28)10-5-4-6-11(21)16(10)23-19(20)29/h4-6,9,12,14-15,24H,3,7-8H2,1-2H3,(H2,22,26)(H,23,29)/t9-,12-,14+,15-,20+/m0/s1. The first kappa shape index (κ1) is 19.8. The maximum atomic E-state index is 13.4. The number of carbonyl (C=O) groups excluding carboxylic acids is 4. The molecular weight excluding hydrogens is 396 g/mol. The minimum Gasteiger partial charge on any atom is -0.370 e. The van der Waals surface area contributed by atoms with Gasteiger partial charge in [0.15, 0.2) is 0 Å². The van der Waals surface area contributed by atoms with Crippen LogP contribution in [-0.2, 0) is 24.7 Å². The van der Waals surface area contributed by atoms with Crippen LogP contribution in [0.1, 0.15) is 38.7 Å². The molecule has 29 heavy (non-hydrogen) atoms. The molecule has 4 amide bonds. The Kier molecular flexibility index (Phi) is 4.66. The summed E-state index contributed by atoms with van der Waals surface area (Å²) >= 11 is 6.28. The van der Waals surface area contributed by atoms with Crippen LogP contribution in [0.4, 0.5) is 5.69 Å². The van der Waals surface area contributed by atoms with Crippen LogP contribution in [0.2, 0.25) is 5.02 Å². The Morgan fingerprint density at radius 2 is 2.03 bits per heavy atom. The highest BCUT2D eigenvalue weighted by atomic mass is 35.5. The van der Waals surface area contributed by atoms with Gasteiger partial charge in [-0.05, 0) is 25.8 Å². The topological polar surface area (TPSA) is 122 Å². The van der Waals surface area contributed by atoms with Crippen LogP contribution >= 0.6 is 11.6 Å². The summed E-state index contributed by atoms with van der Waals surface area (Å²) in [5, 5.41) is 6.39. The number of anilines is 1. The van der Waals surface area contributed by atoms with E-state index in [2.05, 4.69) is 10.6 Å². The fourth-order valence-corrected chi connectivity index (χ4v) is 5.20. The van der Waals surface area contributed by atoms with Gasteiger partial charge in [-0.1, -0.05) is 30.7 Å². The fourth-order valence-electron chi connectivity index (χ4n) is 4.98. The lowest BCUT2D eigenvalue weighted by Crippen LogP contribution is -2.54. The van der Waals surface area contributed by atoms with Crippen molar-refractivity contribution in [2.75, 3.05) is 5.32 Å². The van der Waals surface area contributed by atoms with Crippen molar-refractivity contribution in [3.8, 4) is 0 Å². The van der Waals surface area contributed by atoms with Crippen molar-refractivity contribution in [2.24, 2.45) is 17.6 Å². The van der Waals surface area contributed by atoms with Gasteiger partial charge in [-0.2, -0.15) is 0 Å². The molecule has 2 saturated heterocycles. The van der Waals surface area contributed by atoms with E-state index < -0.39 is 35.2 Å². The number of para-hydroxylation sites is 1. The third kappa shape index (κ3) is 2.62. The van der Waals surface area contributed by atoms with Crippen LogP contribution in [-0.4, -0.2) is 40.6 Å². The number of carbonyl (C=O) groups is 4. The summed E-state index contributed by atoms with van der Waals surface area (Å²) < 4.78 is 0. The van der Waals surface area contributed by atoms with Gasteiger partial charge in [0, 0.05) is 24.1 Å². The molecule has 3 heterocycles.